The summed E-state index contributed by atoms with van der Waals surface area (Å²) in [5, 5.41) is 5.31. The van der Waals surface area contributed by atoms with Crippen molar-refractivity contribution in [2.24, 2.45) is 0 Å². The highest BCUT2D eigenvalue weighted by Gasteiger charge is 2.23. The summed E-state index contributed by atoms with van der Waals surface area (Å²) in [7, 11) is 0. The van der Waals surface area contributed by atoms with Crippen LogP contribution in [0.2, 0.25) is 5.02 Å². The topological polar surface area (TPSA) is 89.2 Å². The summed E-state index contributed by atoms with van der Waals surface area (Å²) in [5.41, 5.74) is 13.7. The van der Waals surface area contributed by atoms with Gasteiger partial charge in [-0.05, 0) is 33.5 Å². The summed E-state index contributed by atoms with van der Waals surface area (Å²) in [5.74, 6) is 1.27. The van der Waals surface area contributed by atoms with Gasteiger partial charge in [-0.3, -0.25) is 0 Å². The fourth-order valence-electron chi connectivity index (χ4n) is 4.29. The second-order valence-corrected chi connectivity index (χ2v) is 9.07. The van der Waals surface area contributed by atoms with Gasteiger partial charge in [-0.2, -0.15) is 9.97 Å². The number of aromatic nitrogens is 3. The number of hydrogen-bond acceptors (Lipinski definition) is 8. The SMILES string of the molecule is Nc1nc(SCN2C=C3C=CC=CC3N2)nc(-c2c(Cl)cc3c4c(cccc24)COC3)n1. The normalized spacial score (nSPS) is 18.8. The van der Waals surface area contributed by atoms with Gasteiger partial charge in [0.25, 0.3) is 0 Å². The summed E-state index contributed by atoms with van der Waals surface area (Å²) >= 11 is 8.20. The van der Waals surface area contributed by atoms with E-state index in [1.165, 1.54) is 17.3 Å². The first-order valence-electron chi connectivity index (χ1n) is 10.2. The van der Waals surface area contributed by atoms with Gasteiger partial charge in [0.2, 0.25) is 5.95 Å². The highest BCUT2D eigenvalue weighted by Crippen LogP contribution is 2.40. The molecule has 3 aromatic rings. The molecule has 3 heterocycles. The molecule has 9 heteroatoms. The Morgan fingerprint density at radius 2 is 2.09 bits per heavy atom. The van der Waals surface area contributed by atoms with Gasteiger partial charge in [-0.15, -0.1) is 0 Å². The van der Waals surface area contributed by atoms with E-state index in [-0.39, 0.29) is 12.0 Å². The lowest BCUT2D eigenvalue weighted by Crippen LogP contribution is -2.34. The first-order chi connectivity index (χ1) is 15.7. The van der Waals surface area contributed by atoms with Crippen LogP contribution in [-0.4, -0.2) is 31.9 Å². The predicted octanol–water partition coefficient (Wildman–Crippen LogP) is 4.21. The molecule has 0 amide bonds. The molecule has 0 saturated carbocycles. The molecule has 2 aromatic carbocycles. The van der Waals surface area contributed by atoms with Crippen LogP contribution in [0.4, 0.5) is 5.95 Å². The molecule has 1 aromatic heterocycles. The van der Waals surface area contributed by atoms with Crippen molar-refractivity contribution in [3.8, 4) is 11.4 Å². The van der Waals surface area contributed by atoms with Gasteiger partial charge in [-0.1, -0.05) is 65.9 Å². The van der Waals surface area contributed by atoms with Gasteiger partial charge in [0.15, 0.2) is 11.0 Å². The number of rotatable bonds is 4. The number of nitrogens with two attached hydrogens (primary N) is 1. The third-order valence-electron chi connectivity index (χ3n) is 5.66. The zero-order chi connectivity index (χ0) is 21.7. The smallest absolute Gasteiger partial charge is 0.224 e. The van der Waals surface area contributed by atoms with Crippen LogP contribution >= 0.6 is 23.4 Å². The number of halogens is 1. The number of thioether (sulfide) groups is 1. The molecular weight excluding hydrogens is 444 g/mol. The average molecular weight is 463 g/mol. The summed E-state index contributed by atoms with van der Waals surface area (Å²) in [4.78, 5) is 13.5. The van der Waals surface area contributed by atoms with Crippen molar-refractivity contribution in [2.75, 3.05) is 11.6 Å². The number of hydrazine groups is 1. The summed E-state index contributed by atoms with van der Waals surface area (Å²) in [6.45, 7) is 1.12. The molecule has 0 spiro atoms. The fraction of sp³-hybridized carbons (Fsp3) is 0.174. The van der Waals surface area contributed by atoms with Gasteiger partial charge >= 0.3 is 0 Å². The highest BCUT2D eigenvalue weighted by molar-refractivity contribution is 7.99. The largest absolute Gasteiger partial charge is 0.372 e. The Morgan fingerprint density at radius 1 is 1.19 bits per heavy atom. The molecule has 1 atom stereocenters. The van der Waals surface area contributed by atoms with E-state index in [4.69, 9.17) is 27.1 Å². The number of allylic oxidation sites excluding steroid dienone is 2. The van der Waals surface area contributed by atoms with E-state index in [1.807, 2.05) is 35.4 Å². The van der Waals surface area contributed by atoms with Crippen LogP contribution < -0.4 is 11.2 Å². The van der Waals surface area contributed by atoms with Gasteiger partial charge in [-0.25, -0.2) is 10.4 Å². The molecule has 160 valence electrons. The highest BCUT2D eigenvalue weighted by atomic mass is 35.5. The minimum Gasteiger partial charge on any atom is -0.372 e. The molecule has 0 bridgehead atoms. The van der Waals surface area contributed by atoms with Crippen LogP contribution in [-0.2, 0) is 18.0 Å². The molecule has 0 fully saturated rings. The van der Waals surface area contributed by atoms with Crippen molar-refractivity contribution in [1.29, 1.82) is 0 Å². The van der Waals surface area contributed by atoms with Crippen molar-refractivity contribution in [3.05, 3.63) is 76.5 Å². The molecule has 7 nitrogen and oxygen atoms in total. The average Bonchev–Trinajstić information content (AvgIpc) is 3.21. The molecule has 2 aliphatic heterocycles. The van der Waals surface area contributed by atoms with Crippen molar-refractivity contribution < 1.29 is 4.74 Å². The van der Waals surface area contributed by atoms with E-state index >= 15 is 0 Å². The van der Waals surface area contributed by atoms with Crippen LogP contribution in [0.25, 0.3) is 22.2 Å². The van der Waals surface area contributed by atoms with Gasteiger partial charge in [0.1, 0.15) is 0 Å². The maximum atomic E-state index is 6.71. The van der Waals surface area contributed by atoms with E-state index in [9.17, 15) is 0 Å². The van der Waals surface area contributed by atoms with E-state index in [0.717, 1.165) is 27.5 Å². The van der Waals surface area contributed by atoms with Crippen LogP contribution in [0, 0.1) is 0 Å². The third kappa shape index (κ3) is 3.45. The van der Waals surface area contributed by atoms with Crippen molar-refractivity contribution in [2.45, 2.75) is 24.4 Å². The Kier molecular flexibility index (Phi) is 4.87. The third-order valence-corrected chi connectivity index (χ3v) is 6.80. The van der Waals surface area contributed by atoms with E-state index in [2.05, 4.69) is 39.8 Å². The van der Waals surface area contributed by atoms with Crippen molar-refractivity contribution in [1.82, 2.24) is 25.4 Å². The quantitative estimate of drug-likeness (QED) is 0.557. The Hall–Kier alpha value is -2.91. The molecule has 6 rings (SSSR count). The lowest BCUT2D eigenvalue weighted by molar-refractivity contribution is 0.103. The molecular formula is C23H19ClN6OS. The maximum absolute atomic E-state index is 6.71. The maximum Gasteiger partial charge on any atom is 0.224 e. The molecule has 3 aliphatic rings. The number of nitrogens with zero attached hydrogens (tertiary/aromatic N) is 4. The Balaban J connectivity index is 1.34. The molecule has 0 radical (unpaired) electrons. The molecule has 3 N–H and O–H groups in total. The first-order valence-corrected chi connectivity index (χ1v) is 11.6. The molecule has 1 aliphatic carbocycles. The monoisotopic (exact) mass is 462 g/mol. The molecule has 0 saturated heterocycles. The van der Waals surface area contributed by atoms with Gasteiger partial charge in [0, 0.05) is 11.8 Å². The summed E-state index contributed by atoms with van der Waals surface area (Å²) in [6, 6.07) is 8.28. The van der Waals surface area contributed by atoms with Crippen molar-refractivity contribution in [3.63, 3.8) is 0 Å². The zero-order valence-corrected chi connectivity index (χ0v) is 18.5. The minimum atomic E-state index is 0.171. The second kappa shape index (κ2) is 7.90. The number of benzene rings is 2. The number of hydrogen-bond donors (Lipinski definition) is 2. The minimum absolute atomic E-state index is 0.171. The zero-order valence-electron chi connectivity index (χ0n) is 17.0. The van der Waals surface area contributed by atoms with Gasteiger partial charge < -0.3 is 15.5 Å². The lowest BCUT2D eigenvalue weighted by atomic mass is 9.94. The number of fused-ring (bicyclic) bond motifs is 1. The predicted molar refractivity (Wildman–Crippen MR) is 127 cm³/mol. The van der Waals surface area contributed by atoms with E-state index in [1.54, 1.807) is 0 Å². The number of ether oxygens (including phenoxy) is 1. The van der Waals surface area contributed by atoms with Crippen LogP contribution in [0.5, 0.6) is 0 Å². The Bertz CT molecular complexity index is 1340. The van der Waals surface area contributed by atoms with E-state index in [0.29, 0.717) is 35.1 Å². The van der Waals surface area contributed by atoms with Gasteiger partial charge in [0.05, 0.1) is 30.2 Å². The lowest BCUT2D eigenvalue weighted by Gasteiger charge is -2.20. The Morgan fingerprint density at radius 3 is 3.00 bits per heavy atom. The van der Waals surface area contributed by atoms with Crippen LogP contribution in [0.1, 0.15) is 11.1 Å². The number of nitrogen functional groups attached to an aromatic ring is 1. The molecule has 1 unspecified atom stereocenters. The second-order valence-electron chi connectivity index (χ2n) is 7.75. The number of anilines is 1. The van der Waals surface area contributed by atoms with Crippen LogP contribution in [0.15, 0.2) is 65.5 Å². The first kappa shape index (κ1) is 19.8. The number of nitrogens with one attached hydrogen (secondary N) is 1. The fourth-order valence-corrected chi connectivity index (χ4v) is 5.32. The van der Waals surface area contributed by atoms with E-state index < -0.39 is 0 Å². The standard InChI is InChI=1S/C23H19ClN6OS/c24-17-8-15-11-31-10-14-5-3-6-16(19(14)15)20(17)21-26-22(25)28-23(27-21)32-12-30-9-13-4-1-2-7-18(13)29-30/h1-9,18,29H,10-12H2,(H2,25,26,27,28). The Labute approximate surface area is 194 Å². The molecule has 32 heavy (non-hydrogen) atoms. The summed E-state index contributed by atoms with van der Waals surface area (Å²) in [6.07, 6.45) is 10.4. The summed E-state index contributed by atoms with van der Waals surface area (Å²) < 4.78 is 5.69. The van der Waals surface area contributed by atoms with Crippen molar-refractivity contribution >= 4 is 40.1 Å². The van der Waals surface area contributed by atoms with Crippen LogP contribution in [0.3, 0.4) is 0 Å².